The first-order valence-electron chi connectivity index (χ1n) is 11.1. The Morgan fingerprint density at radius 3 is 2.31 bits per heavy atom. The lowest BCUT2D eigenvalue weighted by molar-refractivity contribution is -2.00. The van der Waals surface area contributed by atoms with Gasteiger partial charge in [0.15, 0.2) is 0 Å². The molecule has 190 valence electrons. The van der Waals surface area contributed by atoms with Gasteiger partial charge in [-0.1, -0.05) is 18.2 Å². The molecule has 1 aliphatic carbocycles. The van der Waals surface area contributed by atoms with Crippen LogP contribution >= 0.6 is 0 Å². The molecule has 0 saturated heterocycles. The summed E-state index contributed by atoms with van der Waals surface area (Å²) >= 11 is 0. The highest BCUT2D eigenvalue weighted by molar-refractivity contribution is 6.08. The number of esters is 1. The largest absolute Gasteiger partial charge is 0.462 e. The van der Waals surface area contributed by atoms with Crippen LogP contribution < -0.4 is 28.9 Å². The van der Waals surface area contributed by atoms with Crippen LogP contribution in [-0.4, -0.2) is 33.2 Å². The first-order valence-corrected chi connectivity index (χ1v) is 12.3. The van der Waals surface area contributed by atoms with Gasteiger partial charge >= 0.3 is 5.97 Å². The minimum Gasteiger partial charge on any atom is -0.462 e. The quantitative estimate of drug-likeness (QED) is 0.278. The normalized spacial score (nSPS) is 11.8. The third kappa shape index (κ3) is 6.60. The van der Waals surface area contributed by atoms with Gasteiger partial charge in [-0.2, -0.15) is 0 Å². The maximum atomic E-state index is 12.7. The average molecular weight is 514 g/mol. The first kappa shape index (κ1) is 27.1. The van der Waals surface area contributed by atoms with Gasteiger partial charge in [0.05, 0.1) is 17.5 Å². The number of hydrogen-bond acceptors (Lipinski definition) is 9. The van der Waals surface area contributed by atoms with Gasteiger partial charge in [0.2, 0.25) is 0 Å². The Morgan fingerprint density at radius 2 is 1.67 bits per heavy atom. The molecular weight excluding hydrogens is 488 g/mol. The number of carbonyl (C=O) groups excluding carboxylic acids is 1. The third-order valence-electron chi connectivity index (χ3n) is 5.24. The summed E-state index contributed by atoms with van der Waals surface area (Å²) in [4.78, 5) is 19.3. The van der Waals surface area contributed by atoms with Gasteiger partial charge in [-0.3, -0.25) is 4.99 Å². The Bertz CT molecular complexity index is 1390. The lowest BCUT2D eigenvalue weighted by atomic mass is 9.90. The molecule has 0 atom stereocenters. The van der Waals surface area contributed by atoms with Crippen LogP contribution in [0.4, 0.5) is 5.69 Å². The fraction of sp³-hybridized carbons (Fsp3) is 0.231. The molecule has 0 fully saturated rings. The number of benzene rings is 3. The van der Waals surface area contributed by atoms with E-state index in [1.165, 1.54) is 0 Å². The fourth-order valence-corrected chi connectivity index (χ4v) is 3.80. The number of carbonyl (C=O) groups is 1. The van der Waals surface area contributed by atoms with Crippen LogP contribution in [0.2, 0.25) is 0 Å². The zero-order valence-corrected chi connectivity index (χ0v) is 21.1. The predicted octanol–water partition coefficient (Wildman–Crippen LogP) is 0.612. The lowest BCUT2D eigenvalue weighted by Gasteiger charge is -2.19. The highest BCUT2D eigenvalue weighted by Crippen LogP contribution is 2.42. The number of rotatable bonds is 5. The Kier molecular flexibility index (Phi) is 8.67. The molecule has 0 saturated carbocycles. The number of hydrogen-bond donors (Lipinski definition) is 0. The Morgan fingerprint density at radius 1 is 0.972 bits per heavy atom. The van der Waals surface area contributed by atoms with Gasteiger partial charge in [0.1, 0.15) is 11.3 Å². The van der Waals surface area contributed by atoms with E-state index >= 15 is 0 Å². The highest BCUT2D eigenvalue weighted by atomic mass is 35.7. The summed E-state index contributed by atoms with van der Waals surface area (Å²) in [5.41, 5.74) is 5.03. The minimum atomic E-state index is -4.94. The minimum absolute atomic E-state index is 0.326. The van der Waals surface area contributed by atoms with Gasteiger partial charge in [-0.15, -0.1) is 10.2 Å². The van der Waals surface area contributed by atoms with Crippen molar-refractivity contribution in [1.82, 2.24) is 0 Å². The molecule has 0 radical (unpaired) electrons. The van der Waals surface area contributed by atoms with E-state index in [1.54, 1.807) is 0 Å². The van der Waals surface area contributed by atoms with Gasteiger partial charge in [-0.25, -0.2) is 23.4 Å². The van der Waals surface area contributed by atoms with Gasteiger partial charge in [-0.05, 0) is 49.7 Å². The van der Waals surface area contributed by atoms with Crippen LogP contribution in [0.5, 0.6) is 0 Å². The molecule has 0 aromatic heterocycles. The van der Waals surface area contributed by atoms with E-state index in [-0.39, 0.29) is 5.97 Å². The molecule has 1 aliphatic heterocycles. The summed E-state index contributed by atoms with van der Waals surface area (Å²) in [7, 11) is -0.950. The van der Waals surface area contributed by atoms with E-state index in [1.807, 2.05) is 81.4 Å². The SMILES string of the molecule is CCN=c1ccc2c(-c3ccccc3C(=O)OCC)c3ccc(N(C)C)cc3oc-2c1.[O-][Cl+3]([O-])([O-])[O-]. The van der Waals surface area contributed by atoms with Crippen molar-refractivity contribution in [1.29, 1.82) is 0 Å². The Labute approximate surface area is 210 Å². The molecule has 0 amide bonds. The molecular formula is C26H26ClN2O7-. The average Bonchev–Trinajstić information content (AvgIpc) is 2.81. The molecule has 2 aromatic carbocycles. The molecule has 0 N–H and O–H groups in total. The second-order valence-electron chi connectivity index (χ2n) is 7.85. The standard InChI is InChI=1S/C26H26N2O3.ClHO4/c1-5-27-17-11-13-21-23(15-17)31-24-16-18(28(3)4)12-14-22(24)25(21)19-9-7-8-10-20(19)26(29)30-6-2;2-1(3,4)5/h7-16H,5-6H2,1-4H3;(H,2,3,4,5)/p-1. The van der Waals surface area contributed by atoms with Crippen LogP contribution in [0.15, 0.2) is 70.1 Å². The number of nitrogens with zero attached hydrogens (tertiary/aromatic N) is 2. The zero-order valence-electron chi connectivity index (χ0n) is 20.3. The molecule has 9 nitrogen and oxygen atoms in total. The number of anilines is 1. The second-order valence-corrected chi connectivity index (χ2v) is 8.61. The molecule has 0 unspecified atom stereocenters. The van der Waals surface area contributed by atoms with E-state index in [2.05, 4.69) is 17.1 Å². The van der Waals surface area contributed by atoms with Crippen molar-refractivity contribution in [3.05, 3.63) is 71.6 Å². The van der Waals surface area contributed by atoms with Crippen LogP contribution in [0.1, 0.15) is 24.2 Å². The maximum absolute atomic E-state index is 12.7. The second kappa shape index (κ2) is 11.5. The number of ether oxygens (including phenoxy) is 1. The highest BCUT2D eigenvalue weighted by Gasteiger charge is 2.22. The molecule has 1 heterocycles. The third-order valence-corrected chi connectivity index (χ3v) is 5.24. The summed E-state index contributed by atoms with van der Waals surface area (Å²) in [6, 6.07) is 19.7. The lowest BCUT2D eigenvalue weighted by Crippen LogP contribution is -2.68. The van der Waals surface area contributed by atoms with Crippen molar-refractivity contribution in [2.75, 3.05) is 32.1 Å². The zero-order chi connectivity index (χ0) is 26.5. The van der Waals surface area contributed by atoms with Crippen molar-refractivity contribution in [2.24, 2.45) is 4.99 Å². The van der Waals surface area contributed by atoms with Gasteiger partial charge in [0, 0.05) is 55.0 Å². The molecule has 0 bridgehead atoms. The Balaban J connectivity index is 0.000000658. The number of fused-ring (bicyclic) bond motifs is 2. The Hall–Kier alpha value is -3.47. The van der Waals surface area contributed by atoms with Crippen molar-refractivity contribution < 1.29 is 42.8 Å². The van der Waals surface area contributed by atoms with Crippen LogP contribution in [0.25, 0.3) is 33.4 Å². The molecule has 4 rings (SSSR count). The van der Waals surface area contributed by atoms with Gasteiger partial charge < -0.3 is 14.1 Å². The van der Waals surface area contributed by atoms with E-state index in [0.717, 1.165) is 44.5 Å². The monoisotopic (exact) mass is 513 g/mol. The van der Waals surface area contributed by atoms with E-state index in [9.17, 15) is 4.79 Å². The van der Waals surface area contributed by atoms with Crippen molar-refractivity contribution >= 4 is 22.6 Å². The number of halogens is 1. The molecule has 10 heteroatoms. The van der Waals surface area contributed by atoms with Crippen LogP contribution in [0.3, 0.4) is 0 Å². The van der Waals surface area contributed by atoms with Crippen molar-refractivity contribution in [3.63, 3.8) is 0 Å². The summed E-state index contributed by atoms with van der Waals surface area (Å²) < 4.78 is 45.6. The van der Waals surface area contributed by atoms with E-state index in [0.29, 0.717) is 18.7 Å². The van der Waals surface area contributed by atoms with Crippen molar-refractivity contribution in [3.8, 4) is 22.5 Å². The molecule has 0 spiro atoms. The summed E-state index contributed by atoms with van der Waals surface area (Å²) in [5.74, 6) is 0.398. The molecule has 36 heavy (non-hydrogen) atoms. The van der Waals surface area contributed by atoms with Crippen LogP contribution in [0, 0.1) is 10.2 Å². The summed E-state index contributed by atoms with van der Waals surface area (Å²) in [5, 5.41) is 1.81. The molecule has 2 aliphatic rings. The summed E-state index contributed by atoms with van der Waals surface area (Å²) in [6.07, 6.45) is 0. The van der Waals surface area contributed by atoms with E-state index in [4.69, 9.17) is 27.8 Å². The van der Waals surface area contributed by atoms with E-state index < -0.39 is 10.2 Å². The summed E-state index contributed by atoms with van der Waals surface area (Å²) in [6.45, 7) is 4.84. The predicted molar refractivity (Wildman–Crippen MR) is 125 cm³/mol. The van der Waals surface area contributed by atoms with Crippen LogP contribution in [-0.2, 0) is 4.74 Å². The maximum Gasteiger partial charge on any atom is 0.338 e. The smallest absolute Gasteiger partial charge is 0.338 e. The fourth-order valence-electron chi connectivity index (χ4n) is 3.80. The molecule has 2 aromatic rings. The van der Waals surface area contributed by atoms with Crippen molar-refractivity contribution in [2.45, 2.75) is 13.8 Å². The first-order chi connectivity index (χ1) is 17.0. The van der Waals surface area contributed by atoms with Gasteiger partial charge in [0.25, 0.3) is 0 Å². The topological polar surface area (TPSA) is 147 Å².